The zero-order valence-corrected chi connectivity index (χ0v) is 7.53. The monoisotopic (exact) mass is 179 g/mol. The minimum absolute atomic E-state index is 0.338. The molecule has 2 aromatic heterocycles. The van der Waals surface area contributed by atoms with Crippen LogP contribution in [0.15, 0.2) is 18.6 Å². The Labute approximate surface area is 75.2 Å². The van der Waals surface area contributed by atoms with Crippen molar-refractivity contribution in [2.45, 2.75) is 19.8 Å². The van der Waals surface area contributed by atoms with E-state index >= 15 is 0 Å². The van der Waals surface area contributed by atoms with E-state index in [2.05, 4.69) is 9.97 Å². The molecule has 68 valence electrons. The smallest absolute Gasteiger partial charge is 0.234 e. The Balaban J connectivity index is 2.62. The summed E-state index contributed by atoms with van der Waals surface area (Å²) in [7, 11) is 0. The normalized spacial score (nSPS) is 11.4. The minimum Gasteiger partial charge on any atom is -0.288 e. The summed E-state index contributed by atoms with van der Waals surface area (Å²) >= 11 is 0. The summed E-state index contributed by atoms with van der Waals surface area (Å²) in [6.45, 7) is 4.08. The molecule has 0 aliphatic carbocycles. The molecule has 0 spiro atoms. The van der Waals surface area contributed by atoms with Crippen LogP contribution in [0.2, 0.25) is 0 Å². The first kappa shape index (κ1) is 8.16. The molecule has 0 fully saturated rings. The van der Waals surface area contributed by atoms with Crippen LogP contribution < -0.4 is 0 Å². The van der Waals surface area contributed by atoms with Gasteiger partial charge in [0.1, 0.15) is 0 Å². The number of hydrogen-bond acceptors (Lipinski definition) is 2. The molecule has 0 unspecified atom stereocenters. The number of hydrogen-bond donors (Lipinski definition) is 0. The summed E-state index contributed by atoms with van der Waals surface area (Å²) < 4.78 is 14.3. The molecular formula is C9H10FN3. The van der Waals surface area contributed by atoms with E-state index in [-0.39, 0.29) is 5.82 Å². The topological polar surface area (TPSA) is 30.2 Å². The van der Waals surface area contributed by atoms with Gasteiger partial charge in [-0.2, -0.15) is 0 Å². The fourth-order valence-corrected chi connectivity index (χ4v) is 1.16. The Hall–Kier alpha value is -1.45. The Bertz CT molecular complexity index is 433. The molecule has 2 aromatic rings. The second kappa shape index (κ2) is 2.80. The predicted molar refractivity (Wildman–Crippen MR) is 47.0 cm³/mol. The first-order chi connectivity index (χ1) is 6.16. The number of nitrogens with zero attached hydrogens (tertiary/aromatic N) is 3. The summed E-state index contributed by atoms with van der Waals surface area (Å²) in [6.07, 6.45) is 4.35. The van der Waals surface area contributed by atoms with E-state index in [1.54, 1.807) is 10.6 Å². The van der Waals surface area contributed by atoms with Crippen LogP contribution in [-0.2, 0) is 0 Å². The molecule has 0 bridgehead atoms. The second-order valence-electron chi connectivity index (χ2n) is 3.30. The summed E-state index contributed by atoms with van der Waals surface area (Å²) in [5, 5.41) is 0. The lowest BCUT2D eigenvalue weighted by Crippen LogP contribution is -1.88. The minimum atomic E-state index is -0.347. The molecule has 0 aliphatic heterocycles. The molecule has 0 aliphatic rings. The van der Waals surface area contributed by atoms with Crippen molar-refractivity contribution in [3.8, 4) is 0 Å². The molecule has 0 amide bonds. The molecule has 2 heterocycles. The van der Waals surface area contributed by atoms with E-state index in [1.807, 2.05) is 13.8 Å². The maximum atomic E-state index is 12.7. The van der Waals surface area contributed by atoms with Crippen LogP contribution >= 0.6 is 0 Å². The quantitative estimate of drug-likeness (QED) is 0.670. The van der Waals surface area contributed by atoms with E-state index in [0.717, 1.165) is 5.69 Å². The zero-order valence-electron chi connectivity index (χ0n) is 7.53. The molecule has 3 nitrogen and oxygen atoms in total. The van der Waals surface area contributed by atoms with Gasteiger partial charge in [0.25, 0.3) is 0 Å². The van der Waals surface area contributed by atoms with Crippen molar-refractivity contribution in [2.75, 3.05) is 0 Å². The van der Waals surface area contributed by atoms with Gasteiger partial charge in [-0.1, -0.05) is 13.8 Å². The third kappa shape index (κ3) is 1.39. The fourth-order valence-electron chi connectivity index (χ4n) is 1.16. The van der Waals surface area contributed by atoms with Gasteiger partial charge in [-0.3, -0.25) is 4.40 Å². The van der Waals surface area contributed by atoms with Gasteiger partial charge < -0.3 is 0 Å². The van der Waals surface area contributed by atoms with E-state index in [0.29, 0.717) is 11.7 Å². The highest BCUT2D eigenvalue weighted by molar-refractivity contribution is 5.30. The van der Waals surface area contributed by atoms with Gasteiger partial charge in [0.15, 0.2) is 5.82 Å². The van der Waals surface area contributed by atoms with Crippen molar-refractivity contribution in [3.63, 3.8) is 0 Å². The lowest BCUT2D eigenvalue weighted by molar-refractivity contribution is 0.612. The zero-order chi connectivity index (χ0) is 9.42. The van der Waals surface area contributed by atoms with Gasteiger partial charge in [-0.05, 0) is 5.92 Å². The largest absolute Gasteiger partial charge is 0.288 e. The molecular weight excluding hydrogens is 169 g/mol. The number of aromatic nitrogens is 3. The lowest BCUT2D eigenvalue weighted by atomic mass is 10.2. The fraction of sp³-hybridized carbons (Fsp3) is 0.333. The Morgan fingerprint density at radius 1 is 1.38 bits per heavy atom. The van der Waals surface area contributed by atoms with Crippen molar-refractivity contribution in [1.82, 2.24) is 14.4 Å². The number of fused-ring (bicyclic) bond motifs is 1. The lowest BCUT2D eigenvalue weighted by Gasteiger charge is -1.94. The number of imidazole rings is 1. The third-order valence-corrected chi connectivity index (χ3v) is 1.89. The molecule has 13 heavy (non-hydrogen) atoms. The molecule has 0 saturated heterocycles. The molecule has 0 saturated carbocycles. The van der Waals surface area contributed by atoms with Gasteiger partial charge in [-0.25, -0.2) is 14.4 Å². The van der Waals surface area contributed by atoms with Crippen molar-refractivity contribution >= 4 is 5.78 Å². The average molecular weight is 179 g/mol. The Kier molecular flexibility index (Phi) is 1.76. The first-order valence-electron chi connectivity index (χ1n) is 4.17. The molecule has 0 atom stereocenters. The van der Waals surface area contributed by atoms with Gasteiger partial charge in [-0.15, -0.1) is 0 Å². The SMILES string of the molecule is CC(C)c1cn2cc(F)cnc2n1. The average Bonchev–Trinajstić information content (AvgIpc) is 2.46. The Morgan fingerprint density at radius 2 is 2.15 bits per heavy atom. The molecule has 0 N–H and O–H groups in total. The summed E-state index contributed by atoms with van der Waals surface area (Å²) in [5.74, 6) is 0.537. The highest BCUT2D eigenvalue weighted by Crippen LogP contribution is 2.13. The third-order valence-electron chi connectivity index (χ3n) is 1.89. The van der Waals surface area contributed by atoms with Crippen LogP contribution in [0.4, 0.5) is 4.39 Å². The predicted octanol–water partition coefficient (Wildman–Crippen LogP) is 1.99. The number of rotatable bonds is 1. The van der Waals surface area contributed by atoms with Gasteiger partial charge in [0, 0.05) is 12.4 Å². The van der Waals surface area contributed by atoms with Crippen LogP contribution in [-0.4, -0.2) is 14.4 Å². The molecule has 0 radical (unpaired) electrons. The second-order valence-corrected chi connectivity index (χ2v) is 3.30. The van der Waals surface area contributed by atoms with Crippen LogP contribution in [0.5, 0.6) is 0 Å². The molecule has 2 rings (SSSR count). The maximum absolute atomic E-state index is 12.7. The summed E-state index contributed by atoms with van der Waals surface area (Å²) in [6, 6.07) is 0. The Morgan fingerprint density at radius 3 is 2.85 bits per heavy atom. The van der Waals surface area contributed by atoms with E-state index < -0.39 is 0 Å². The summed E-state index contributed by atoms with van der Waals surface area (Å²) in [5.41, 5.74) is 0.929. The highest BCUT2D eigenvalue weighted by Gasteiger charge is 2.06. The van der Waals surface area contributed by atoms with Gasteiger partial charge >= 0.3 is 0 Å². The van der Waals surface area contributed by atoms with E-state index in [4.69, 9.17) is 0 Å². The van der Waals surface area contributed by atoms with Crippen molar-refractivity contribution in [2.24, 2.45) is 0 Å². The highest BCUT2D eigenvalue weighted by atomic mass is 19.1. The maximum Gasteiger partial charge on any atom is 0.234 e. The van der Waals surface area contributed by atoms with Crippen molar-refractivity contribution in [1.29, 1.82) is 0 Å². The molecule has 4 heteroatoms. The van der Waals surface area contributed by atoms with Gasteiger partial charge in [0.2, 0.25) is 5.78 Å². The van der Waals surface area contributed by atoms with Crippen LogP contribution in [0.1, 0.15) is 25.5 Å². The van der Waals surface area contributed by atoms with E-state index in [1.165, 1.54) is 12.4 Å². The molecule has 0 aromatic carbocycles. The van der Waals surface area contributed by atoms with Crippen LogP contribution in [0.3, 0.4) is 0 Å². The number of halogens is 1. The summed E-state index contributed by atoms with van der Waals surface area (Å²) in [4.78, 5) is 8.10. The van der Waals surface area contributed by atoms with E-state index in [9.17, 15) is 4.39 Å². The van der Waals surface area contributed by atoms with Gasteiger partial charge in [0.05, 0.1) is 11.9 Å². The first-order valence-corrected chi connectivity index (χ1v) is 4.17. The van der Waals surface area contributed by atoms with Crippen molar-refractivity contribution < 1.29 is 4.39 Å². The van der Waals surface area contributed by atoms with Crippen LogP contribution in [0, 0.1) is 5.82 Å². The van der Waals surface area contributed by atoms with Crippen LogP contribution in [0.25, 0.3) is 5.78 Å². The standard InChI is InChI=1S/C9H10FN3/c1-6(2)8-5-13-4-7(10)3-11-9(13)12-8/h3-6H,1-2H3. The van der Waals surface area contributed by atoms with Crippen molar-refractivity contribution in [3.05, 3.63) is 30.1 Å².